The van der Waals surface area contributed by atoms with Crippen molar-refractivity contribution >= 4 is 71.3 Å². The topological polar surface area (TPSA) is 16.4 Å². The van der Waals surface area contributed by atoms with Crippen LogP contribution in [0.4, 0.5) is 17.1 Å². The molecule has 0 bridgehead atoms. The largest absolute Gasteiger partial charge is 0.454 e. The molecule has 0 saturated heterocycles. The van der Waals surface area contributed by atoms with Crippen LogP contribution in [-0.2, 0) is 6.42 Å². The van der Waals surface area contributed by atoms with E-state index in [0.29, 0.717) is 0 Å². The summed E-state index contributed by atoms with van der Waals surface area (Å²) in [4.78, 5) is 2.40. The van der Waals surface area contributed by atoms with E-state index in [9.17, 15) is 0 Å². The van der Waals surface area contributed by atoms with E-state index in [4.69, 9.17) is 4.42 Å². The highest BCUT2D eigenvalue weighted by atomic mass is 16.3. The van der Waals surface area contributed by atoms with E-state index >= 15 is 0 Å². The standard InChI is InChI=1S/C43H27NO/c1-3-11-31-27(9-1)20-22-35-33-14-7-16-40(36(33)24-23-34(31)35)44(30-21-19-29-25-28-10-2-4-12-32(28)39(29)26-30)41-17-8-15-38-37-13-5-6-18-42(37)45-43(38)41/h1-24,26H,25H2. The van der Waals surface area contributed by atoms with Crippen molar-refractivity contribution in [1.82, 2.24) is 0 Å². The van der Waals surface area contributed by atoms with Crippen LogP contribution in [0.5, 0.6) is 0 Å². The van der Waals surface area contributed by atoms with E-state index in [1.54, 1.807) is 0 Å². The molecule has 45 heavy (non-hydrogen) atoms. The van der Waals surface area contributed by atoms with Gasteiger partial charge in [0.15, 0.2) is 5.58 Å². The molecule has 0 unspecified atom stereocenters. The smallest absolute Gasteiger partial charge is 0.159 e. The van der Waals surface area contributed by atoms with Gasteiger partial charge in [-0.3, -0.25) is 0 Å². The van der Waals surface area contributed by atoms with E-state index in [1.165, 1.54) is 54.6 Å². The Morgan fingerprint density at radius 3 is 2.04 bits per heavy atom. The first-order valence-corrected chi connectivity index (χ1v) is 15.6. The van der Waals surface area contributed by atoms with E-state index < -0.39 is 0 Å². The van der Waals surface area contributed by atoms with Gasteiger partial charge >= 0.3 is 0 Å². The van der Waals surface area contributed by atoms with Crippen molar-refractivity contribution in [3.8, 4) is 11.1 Å². The van der Waals surface area contributed by atoms with Gasteiger partial charge < -0.3 is 9.32 Å². The van der Waals surface area contributed by atoms with Crippen molar-refractivity contribution in [2.24, 2.45) is 0 Å². The number of rotatable bonds is 3. The number of hydrogen-bond donors (Lipinski definition) is 0. The highest BCUT2D eigenvalue weighted by Crippen LogP contribution is 2.47. The van der Waals surface area contributed by atoms with Crippen LogP contribution in [0, 0.1) is 0 Å². The van der Waals surface area contributed by atoms with Crippen LogP contribution in [-0.4, -0.2) is 0 Å². The number of fused-ring (bicyclic) bond motifs is 11. The predicted molar refractivity (Wildman–Crippen MR) is 189 cm³/mol. The maximum absolute atomic E-state index is 6.65. The molecule has 1 aliphatic rings. The molecule has 0 saturated carbocycles. The third-order valence-corrected chi connectivity index (χ3v) is 9.67. The first-order valence-electron chi connectivity index (χ1n) is 15.6. The average molecular weight is 574 g/mol. The van der Waals surface area contributed by atoms with Crippen LogP contribution in [0.25, 0.3) is 65.4 Å². The van der Waals surface area contributed by atoms with Gasteiger partial charge in [-0.15, -0.1) is 0 Å². The Kier molecular flexibility index (Phi) is 5.09. The van der Waals surface area contributed by atoms with Gasteiger partial charge in [-0.2, -0.15) is 0 Å². The van der Waals surface area contributed by atoms with Gasteiger partial charge in [0, 0.05) is 21.8 Å². The first kappa shape index (κ1) is 24.6. The molecule has 10 rings (SSSR count). The summed E-state index contributed by atoms with van der Waals surface area (Å²) < 4.78 is 6.65. The second kappa shape index (κ2) is 9.32. The minimum Gasteiger partial charge on any atom is -0.454 e. The Morgan fingerprint density at radius 1 is 0.422 bits per heavy atom. The summed E-state index contributed by atoms with van der Waals surface area (Å²) in [5.74, 6) is 0. The lowest BCUT2D eigenvalue weighted by Gasteiger charge is -2.28. The summed E-state index contributed by atoms with van der Waals surface area (Å²) in [5, 5.41) is 9.78. The Hall–Kier alpha value is -5.86. The van der Waals surface area contributed by atoms with E-state index in [-0.39, 0.29) is 0 Å². The normalized spacial score (nSPS) is 12.4. The molecule has 8 aromatic carbocycles. The fraction of sp³-hybridized carbons (Fsp3) is 0.0233. The highest BCUT2D eigenvalue weighted by molar-refractivity contribution is 6.20. The van der Waals surface area contributed by atoms with Crippen LogP contribution >= 0.6 is 0 Å². The lowest BCUT2D eigenvalue weighted by molar-refractivity contribution is 0.669. The van der Waals surface area contributed by atoms with Gasteiger partial charge in [0.05, 0.1) is 11.4 Å². The molecule has 1 aromatic heterocycles. The molecule has 0 aliphatic heterocycles. The lowest BCUT2D eigenvalue weighted by Crippen LogP contribution is -2.11. The molecule has 210 valence electrons. The summed E-state index contributed by atoms with van der Waals surface area (Å²) in [6.45, 7) is 0. The maximum atomic E-state index is 6.65. The molecule has 0 fully saturated rings. The molecule has 0 spiro atoms. The van der Waals surface area contributed by atoms with Crippen LogP contribution < -0.4 is 4.90 Å². The van der Waals surface area contributed by atoms with Crippen LogP contribution in [0.2, 0.25) is 0 Å². The Balaban J connectivity index is 1.28. The summed E-state index contributed by atoms with van der Waals surface area (Å²) in [5.41, 5.74) is 10.5. The van der Waals surface area contributed by atoms with Crippen molar-refractivity contribution in [3.05, 3.63) is 163 Å². The SMILES string of the molecule is c1ccc2c(c1)Cc1ccc(N(c3cccc4c3ccc3c5ccccc5ccc43)c3cccc4c3oc3ccccc34)cc1-2. The van der Waals surface area contributed by atoms with E-state index in [0.717, 1.165) is 45.4 Å². The van der Waals surface area contributed by atoms with Gasteiger partial charge in [0.1, 0.15) is 5.58 Å². The predicted octanol–water partition coefficient (Wildman–Crippen LogP) is 12.1. The van der Waals surface area contributed by atoms with Gasteiger partial charge in [-0.05, 0) is 85.9 Å². The Labute approximate surface area is 260 Å². The number of furan rings is 1. The minimum absolute atomic E-state index is 0.892. The molecule has 0 atom stereocenters. The third kappa shape index (κ3) is 3.57. The average Bonchev–Trinajstić information content (AvgIpc) is 3.67. The summed E-state index contributed by atoms with van der Waals surface area (Å²) in [6.07, 6.45) is 0.971. The van der Waals surface area contributed by atoms with E-state index in [2.05, 4.69) is 150 Å². The minimum atomic E-state index is 0.892. The zero-order chi connectivity index (χ0) is 29.5. The molecular weight excluding hydrogens is 546 g/mol. The molecule has 2 heteroatoms. The second-order valence-corrected chi connectivity index (χ2v) is 12.1. The first-order chi connectivity index (χ1) is 22.3. The monoisotopic (exact) mass is 573 g/mol. The van der Waals surface area contributed by atoms with Gasteiger partial charge in [-0.1, -0.05) is 121 Å². The maximum Gasteiger partial charge on any atom is 0.159 e. The van der Waals surface area contributed by atoms with Gasteiger partial charge in [0.25, 0.3) is 0 Å². The number of nitrogens with zero attached hydrogens (tertiary/aromatic N) is 1. The fourth-order valence-corrected chi connectivity index (χ4v) is 7.60. The summed E-state index contributed by atoms with van der Waals surface area (Å²) in [6, 6.07) is 55.1. The highest BCUT2D eigenvalue weighted by Gasteiger charge is 2.24. The quantitative estimate of drug-likeness (QED) is 0.196. The van der Waals surface area contributed by atoms with Crippen molar-refractivity contribution in [2.45, 2.75) is 6.42 Å². The van der Waals surface area contributed by atoms with Crippen LogP contribution in [0.15, 0.2) is 156 Å². The molecule has 9 aromatic rings. The van der Waals surface area contributed by atoms with Crippen molar-refractivity contribution in [2.75, 3.05) is 4.90 Å². The van der Waals surface area contributed by atoms with E-state index in [1.807, 2.05) is 6.07 Å². The lowest BCUT2D eigenvalue weighted by atomic mass is 9.95. The molecule has 1 aliphatic carbocycles. The molecule has 0 radical (unpaired) electrons. The number of benzene rings is 8. The van der Waals surface area contributed by atoms with Crippen LogP contribution in [0.1, 0.15) is 11.1 Å². The molecule has 0 N–H and O–H groups in total. The van der Waals surface area contributed by atoms with Gasteiger partial charge in [0.2, 0.25) is 0 Å². The number of para-hydroxylation sites is 2. The number of anilines is 3. The summed E-state index contributed by atoms with van der Waals surface area (Å²) in [7, 11) is 0. The molecule has 1 heterocycles. The fourth-order valence-electron chi connectivity index (χ4n) is 7.60. The van der Waals surface area contributed by atoms with Crippen molar-refractivity contribution in [3.63, 3.8) is 0 Å². The van der Waals surface area contributed by atoms with Gasteiger partial charge in [-0.25, -0.2) is 0 Å². The number of hydrogen-bond acceptors (Lipinski definition) is 2. The Bertz CT molecular complexity index is 2640. The molecule has 0 amide bonds. The molecule has 2 nitrogen and oxygen atoms in total. The van der Waals surface area contributed by atoms with Crippen molar-refractivity contribution in [1.29, 1.82) is 0 Å². The summed E-state index contributed by atoms with van der Waals surface area (Å²) >= 11 is 0. The Morgan fingerprint density at radius 2 is 1.09 bits per heavy atom. The second-order valence-electron chi connectivity index (χ2n) is 12.1. The third-order valence-electron chi connectivity index (χ3n) is 9.67. The molecular formula is C43H27NO. The zero-order valence-corrected chi connectivity index (χ0v) is 24.5. The van der Waals surface area contributed by atoms with Crippen LogP contribution in [0.3, 0.4) is 0 Å². The van der Waals surface area contributed by atoms with Crippen molar-refractivity contribution < 1.29 is 4.42 Å². The zero-order valence-electron chi connectivity index (χ0n) is 24.5.